The lowest BCUT2D eigenvalue weighted by atomic mass is 9.86. The van der Waals surface area contributed by atoms with Gasteiger partial charge in [0, 0.05) is 37.6 Å². The van der Waals surface area contributed by atoms with Crippen molar-refractivity contribution in [3.63, 3.8) is 0 Å². The molecule has 6 rings (SSSR count). The Hall–Kier alpha value is -4.75. The molecule has 0 saturated carbocycles. The number of benzene rings is 4. The number of aryl methyl sites for hydroxylation is 2. The average Bonchev–Trinajstić information content (AvgIpc) is 3.41. The molecule has 0 fully saturated rings. The predicted molar refractivity (Wildman–Crippen MR) is 173 cm³/mol. The Labute approximate surface area is 262 Å². The van der Waals surface area contributed by atoms with Gasteiger partial charge in [0.05, 0.1) is 17.2 Å². The molecule has 0 bridgehead atoms. The maximum Gasteiger partial charge on any atom is 0.216 e. The third kappa shape index (κ3) is 4.89. The van der Waals surface area contributed by atoms with Crippen molar-refractivity contribution in [2.24, 2.45) is 7.05 Å². The lowest BCUT2D eigenvalue weighted by molar-refractivity contribution is -0.662. The lowest BCUT2D eigenvalue weighted by Crippen LogP contribution is -2.32. The summed E-state index contributed by atoms with van der Waals surface area (Å²) in [6.07, 6.45) is 0.990. The molecule has 2 heterocycles. The highest BCUT2D eigenvalue weighted by molar-refractivity contribution is 6.14. The number of furan rings is 1. The van der Waals surface area contributed by atoms with Gasteiger partial charge < -0.3 is 4.42 Å². The Bertz CT molecular complexity index is 2310. The number of nitrogens with zero attached hydrogens (tertiary/aromatic N) is 2. The number of hydrogen-bond acceptors (Lipinski definition) is 2. The van der Waals surface area contributed by atoms with Crippen LogP contribution in [0, 0.1) is 24.1 Å². The van der Waals surface area contributed by atoms with E-state index in [4.69, 9.17) is 14.0 Å². The summed E-state index contributed by atoms with van der Waals surface area (Å²) >= 11 is 0. The molecular formula is C39H36FN2O+. The van der Waals surface area contributed by atoms with Gasteiger partial charge in [0.2, 0.25) is 11.9 Å². The molecule has 0 unspecified atom stereocenters. The van der Waals surface area contributed by atoms with Crippen LogP contribution in [0.15, 0.2) is 89.5 Å². The molecule has 0 spiro atoms. The summed E-state index contributed by atoms with van der Waals surface area (Å²) in [7, 11) is 1.55. The summed E-state index contributed by atoms with van der Waals surface area (Å²) in [5.41, 5.74) is 6.62. The largest absolute Gasteiger partial charge is 0.454 e. The molecule has 6 aromatic rings. The molecule has 0 aliphatic rings. The van der Waals surface area contributed by atoms with Crippen LogP contribution in [0.2, 0.25) is 0 Å². The second kappa shape index (κ2) is 10.5. The predicted octanol–water partition coefficient (Wildman–Crippen LogP) is 10.2. The second-order valence-electron chi connectivity index (χ2n) is 12.0. The highest BCUT2D eigenvalue weighted by Crippen LogP contribution is 2.42. The standard InChI is InChI=1S/C39H36FN2O/c1-23(2)32-20-34(42(7)22-33(32)40)35-24(3)8-18-30-31-19-15-28(21-41)36(38(31)43-37(30)35)27-11-9-25(10-12-27)26-13-16-29(17-14-26)39(4,5)6/h8-20,22-23H,1-7H3/q+1/i1D3,2D3,23D. The fourth-order valence-corrected chi connectivity index (χ4v) is 5.75. The topological polar surface area (TPSA) is 40.8 Å². The highest BCUT2D eigenvalue weighted by Gasteiger charge is 2.25. The summed E-state index contributed by atoms with van der Waals surface area (Å²) in [5.74, 6) is -4.36. The summed E-state index contributed by atoms with van der Waals surface area (Å²) in [4.78, 5) is 0. The van der Waals surface area contributed by atoms with Gasteiger partial charge in [-0.3, -0.25) is 0 Å². The van der Waals surface area contributed by atoms with Crippen LogP contribution in [0.25, 0.3) is 55.4 Å². The molecule has 0 radical (unpaired) electrons. The number of hydrogen-bond donors (Lipinski definition) is 0. The minimum absolute atomic E-state index is 0.0395. The molecule has 43 heavy (non-hydrogen) atoms. The van der Waals surface area contributed by atoms with Crippen LogP contribution in [0.5, 0.6) is 0 Å². The van der Waals surface area contributed by atoms with Crippen LogP contribution in [0.4, 0.5) is 4.39 Å². The van der Waals surface area contributed by atoms with Gasteiger partial charge in [0.15, 0.2) is 5.82 Å². The minimum Gasteiger partial charge on any atom is -0.454 e. The number of halogens is 1. The molecule has 4 heteroatoms. The van der Waals surface area contributed by atoms with Crippen LogP contribution in [-0.4, -0.2) is 0 Å². The molecule has 0 N–H and O–H groups in total. The fraction of sp³-hybridized carbons (Fsp3) is 0.231. The summed E-state index contributed by atoms with van der Waals surface area (Å²) in [6, 6.07) is 27.1. The first-order valence-corrected chi connectivity index (χ1v) is 14.1. The number of aromatic nitrogens is 1. The van der Waals surface area contributed by atoms with Crippen molar-refractivity contribution >= 4 is 21.9 Å². The van der Waals surface area contributed by atoms with E-state index in [1.54, 1.807) is 20.0 Å². The summed E-state index contributed by atoms with van der Waals surface area (Å²) in [6.45, 7) is 1.58. The van der Waals surface area contributed by atoms with Crippen molar-refractivity contribution in [2.45, 2.75) is 52.7 Å². The van der Waals surface area contributed by atoms with Crippen molar-refractivity contribution < 1.29 is 23.0 Å². The minimum atomic E-state index is -3.37. The number of pyridine rings is 1. The van der Waals surface area contributed by atoms with Crippen LogP contribution in [-0.2, 0) is 12.5 Å². The van der Waals surface area contributed by atoms with E-state index >= 15 is 4.39 Å². The molecule has 2 aromatic heterocycles. The maximum atomic E-state index is 15.5. The Morgan fingerprint density at radius 3 is 2.05 bits per heavy atom. The quantitative estimate of drug-likeness (QED) is 0.197. The zero-order valence-electron chi connectivity index (χ0n) is 31.8. The Morgan fingerprint density at radius 1 is 0.860 bits per heavy atom. The molecule has 4 aromatic carbocycles. The molecule has 0 aliphatic heterocycles. The first-order valence-electron chi connectivity index (χ1n) is 17.6. The van der Waals surface area contributed by atoms with E-state index in [2.05, 4.69) is 51.1 Å². The van der Waals surface area contributed by atoms with Crippen molar-refractivity contribution in [2.75, 3.05) is 0 Å². The third-order valence-electron chi connectivity index (χ3n) is 8.15. The van der Waals surface area contributed by atoms with Crippen molar-refractivity contribution in [3.05, 3.63) is 113 Å². The van der Waals surface area contributed by atoms with Crippen LogP contribution < -0.4 is 4.57 Å². The van der Waals surface area contributed by atoms with Crippen molar-refractivity contribution in [1.29, 1.82) is 5.26 Å². The normalized spacial score (nSPS) is 15.1. The van der Waals surface area contributed by atoms with Gasteiger partial charge >= 0.3 is 0 Å². The Kier molecular flexibility index (Phi) is 5.14. The average molecular weight is 575 g/mol. The zero-order chi connectivity index (χ0) is 36.6. The number of fused-ring (bicyclic) bond motifs is 3. The molecule has 214 valence electrons. The zero-order valence-corrected chi connectivity index (χ0v) is 24.8. The SMILES string of the molecule is [2H]C([2H])([2H])C([2H])(c1cc(-c2c(C)ccc3c2oc2c(-c4ccc(-c5ccc(C(C)(C)C)cc5)cc4)c(C#N)ccc23)[n+](C)cc1F)C([2H])([2H])[2H]. The number of nitriles is 1. The van der Waals surface area contributed by atoms with Gasteiger partial charge in [-0.25, -0.2) is 4.39 Å². The third-order valence-corrected chi connectivity index (χ3v) is 8.15. The summed E-state index contributed by atoms with van der Waals surface area (Å²) < 4.78 is 80.0. The van der Waals surface area contributed by atoms with E-state index in [1.807, 2.05) is 42.5 Å². The van der Waals surface area contributed by atoms with E-state index in [0.29, 0.717) is 38.8 Å². The van der Waals surface area contributed by atoms with Crippen LogP contribution in [0.3, 0.4) is 0 Å². The monoisotopic (exact) mass is 574 g/mol. The van der Waals surface area contributed by atoms with Gasteiger partial charge in [0.25, 0.3) is 0 Å². The molecule has 0 atom stereocenters. The van der Waals surface area contributed by atoms with Gasteiger partial charge in [-0.05, 0) is 58.2 Å². The Morgan fingerprint density at radius 2 is 1.44 bits per heavy atom. The second-order valence-corrected chi connectivity index (χ2v) is 12.0. The smallest absolute Gasteiger partial charge is 0.216 e. The van der Waals surface area contributed by atoms with Gasteiger partial charge in [-0.2, -0.15) is 9.83 Å². The van der Waals surface area contributed by atoms with Gasteiger partial charge in [-0.1, -0.05) is 95.1 Å². The van der Waals surface area contributed by atoms with Crippen LogP contribution in [0.1, 0.15) is 72.2 Å². The Balaban J connectivity index is 1.55. The van der Waals surface area contributed by atoms with E-state index in [1.165, 1.54) is 10.1 Å². The van der Waals surface area contributed by atoms with Crippen LogP contribution >= 0.6 is 0 Å². The molecular weight excluding hydrogens is 531 g/mol. The summed E-state index contributed by atoms with van der Waals surface area (Å²) in [5, 5.41) is 11.6. The maximum absolute atomic E-state index is 15.5. The first-order chi connectivity index (χ1) is 23.3. The lowest BCUT2D eigenvalue weighted by Gasteiger charge is -2.19. The van der Waals surface area contributed by atoms with Gasteiger partial charge in [0.1, 0.15) is 18.2 Å². The van der Waals surface area contributed by atoms with E-state index < -0.39 is 31.0 Å². The first kappa shape index (κ1) is 21.0. The molecule has 0 aliphatic carbocycles. The van der Waals surface area contributed by atoms with E-state index in [9.17, 15) is 5.26 Å². The molecule has 0 amide bonds. The van der Waals surface area contributed by atoms with Gasteiger partial charge in [-0.15, -0.1) is 0 Å². The molecule has 0 saturated heterocycles. The molecule has 3 nitrogen and oxygen atoms in total. The number of rotatable bonds is 4. The van der Waals surface area contributed by atoms with Crippen molar-refractivity contribution in [3.8, 4) is 39.6 Å². The van der Waals surface area contributed by atoms with E-state index in [-0.39, 0.29) is 11.1 Å². The highest BCUT2D eigenvalue weighted by atomic mass is 19.1. The fourth-order valence-electron chi connectivity index (χ4n) is 5.75. The van der Waals surface area contributed by atoms with Crippen molar-refractivity contribution in [1.82, 2.24) is 0 Å². The van der Waals surface area contributed by atoms with E-state index in [0.717, 1.165) is 34.3 Å².